The van der Waals surface area contributed by atoms with Crippen LogP contribution < -0.4 is 10.1 Å². The van der Waals surface area contributed by atoms with E-state index >= 15 is 0 Å². The zero-order chi connectivity index (χ0) is 22.8. The minimum Gasteiger partial charge on any atom is -0.466 e. The molecule has 1 aliphatic rings. The van der Waals surface area contributed by atoms with E-state index in [4.69, 9.17) is 9.47 Å². The van der Waals surface area contributed by atoms with Gasteiger partial charge in [0.25, 0.3) is 5.72 Å². The number of carbonyl (C=O) groups excluding carboxylic acids is 2. The summed E-state index contributed by atoms with van der Waals surface area (Å²) in [4.78, 5) is 25.0. The maximum atomic E-state index is 14.0. The van der Waals surface area contributed by atoms with Gasteiger partial charge in [-0.05, 0) is 36.8 Å². The van der Waals surface area contributed by atoms with Crippen LogP contribution in [0.1, 0.15) is 18.5 Å². The van der Waals surface area contributed by atoms with Gasteiger partial charge in [-0.2, -0.15) is 13.2 Å². The first kappa shape index (κ1) is 22.4. The van der Waals surface area contributed by atoms with E-state index in [-0.39, 0.29) is 22.8 Å². The molecule has 0 spiro atoms. The van der Waals surface area contributed by atoms with E-state index in [9.17, 15) is 27.9 Å². The molecule has 3 rings (SSSR count). The number of esters is 1. The quantitative estimate of drug-likeness (QED) is 0.697. The second kappa shape index (κ2) is 8.46. The zero-order valence-corrected chi connectivity index (χ0v) is 16.7. The third-order valence-corrected chi connectivity index (χ3v) is 5.02. The van der Waals surface area contributed by atoms with Gasteiger partial charge in [0.15, 0.2) is 0 Å². The lowest BCUT2D eigenvalue weighted by Gasteiger charge is -2.49. The summed E-state index contributed by atoms with van der Waals surface area (Å²) in [5.41, 5.74) is -3.64. The molecule has 0 aliphatic carbocycles. The first-order valence-corrected chi connectivity index (χ1v) is 9.42. The molecule has 166 valence electrons. The van der Waals surface area contributed by atoms with Gasteiger partial charge < -0.3 is 19.9 Å². The lowest BCUT2D eigenvalue weighted by atomic mass is 9.81. The molecule has 0 saturated carbocycles. The summed E-state index contributed by atoms with van der Waals surface area (Å²) in [6.45, 7) is 1.23. The summed E-state index contributed by atoms with van der Waals surface area (Å²) < 4.78 is 52.4. The largest absolute Gasteiger partial charge is 0.466 e. The molecule has 10 heteroatoms. The van der Waals surface area contributed by atoms with Gasteiger partial charge in [0, 0.05) is 7.05 Å². The topological polar surface area (TPSA) is 88.1 Å². The van der Waals surface area contributed by atoms with Crippen LogP contribution in [0, 0.1) is 5.92 Å². The third kappa shape index (κ3) is 4.15. The molecule has 3 atom stereocenters. The Morgan fingerprint density at radius 2 is 1.81 bits per heavy atom. The Bertz CT molecular complexity index is 954. The molecule has 7 nitrogen and oxygen atoms in total. The monoisotopic (exact) mass is 438 g/mol. The van der Waals surface area contributed by atoms with Crippen LogP contribution in [-0.4, -0.2) is 47.6 Å². The van der Waals surface area contributed by atoms with E-state index < -0.39 is 35.9 Å². The average Bonchev–Trinajstić information content (AvgIpc) is 2.72. The highest BCUT2D eigenvalue weighted by atomic mass is 19.4. The predicted octanol–water partition coefficient (Wildman–Crippen LogP) is 3.61. The molecule has 2 N–H and O–H groups in total. The summed E-state index contributed by atoms with van der Waals surface area (Å²) in [6.07, 6.45) is -5.33. The van der Waals surface area contributed by atoms with Crippen molar-refractivity contribution in [3.05, 3.63) is 60.2 Å². The van der Waals surface area contributed by atoms with E-state index in [1.807, 2.05) is 0 Å². The highest BCUT2D eigenvalue weighted by Crippen LogP contribution is 2.47. The van der Waals surface area contributed by atoms with Gasteiger partial charge in [-0.3, -0.25) is 9.69 Å². The fourth-order valence-corrected chi connectivity index (χ4v) is 3.48. The SMILES string of the molecule is CCOC(=O)[C@@H]1[C@H](c2cccc(Oc3ccccc3)c2)NC(=O)N(C)[C@]1(O)C(F)(F)F. The number of hydrogen-bond acceptors (Lipinski definition) is 5. The van der Waals surface area contributed by atoms with Crippen molar-refractivity contribution in [2.24, 2.45) is 5.92 Å². The fraction of sp³-hybridized carbons (Fsp3) is 0.333. The van der Waals surface area contributed by atoms with Gasteiger partial charge in [0.1, 0.15) is 17.4 Å². The Balaban J connectivity index is 2.06. The Hall–Kier alpha value is -3.27. The lowest BCUT2D eigenvalue weighted by molar-refractivity contribution is -0.328. The van der Waals surface area contributed by atoms with Gasteiger partial charge in [-0.15, -0.1) is 0 Å². The number of carbonyl (C=O) groups is 2. The number of alkyl halides is 3. The van der Waals surface area contributed by atoms with Crippen LogP contribution in [-0.2, 0) is 9.53 Å². The second-order valence-corrected chi connectivity index (χ2v) is 6.93. The summed E-state index contributed by atoms with van der Waals surface area (Å²) in [5, 5.41) is 13.0. The molecule has 31 heavy (non-hydrogen) atoms. The van der Waals surface area contributed by atoms with E-state index in [0.29, 0.717) is 5.75 Å². The number of ether oxygens (including phenoxy) is 2. The molecular weight excluding hydrogens is 417 g/mol. The second-order valence-electron chi connectivity index (χ2n) is 6.93. The predicted molar refractivity (Wildman–Crippen MR) is 103 cm³/mol. The number of para-hydroxylation sites is 1. The zero-order valence-electron chi connectivity index (χ0n) is 16.7. The molecule has 0 bridgehead atoms. The Morgan fingerprint density at radius 1 is 1.16 bits per heavy atom. The van der Waals surface area contributed by atoms with E-state index in [1.54, 1.807) is 36.4 Å². The fourth-order valence-electron chi connectivity index (χ4n) is 3.48. The number of rotatable bonds is 5. The number of benzene rings is 2. The first-order valence-electron chi connectivity index (χ1n) is 9.42. The minimum absolute atomic E-state index is 0.0649. The highest BCUT2D eigenvalue weighted by molar-refractivity contribution is 5.83. The van der Waals surface area contributed by atoms with Gasteiger partial charge in [0.05, 0.1) is 12.6 Å². The van der Waals surface area contributed by atoms with Crippen molar-refractivity contribution in [2.75, 3.05) is 13.7 Å². The smallest absolute Gasteiger partial charge is 0.437 e. The van der Waals surface area contributed by atoms with Crippen LogP contribution in [0.4, 0.5) is 18.0 Å². The number of nitrogens with zero attached hydrogens (tertiary/aromatic N) is 1. The average molecular weight is 438 g/mol. The van der Waals surface area contributed by atoms with Gasteiger partial charge in [-0.25, -0.2) is 4.79 Å². The van der Waals surface area contributed by atoms with Gasteiger partial charge in [-0.1, -0.05) is 30.3 Å². The van der Waals surface area contributed by atoms with E-state index in [0.717, 1.165) is 7.05 Å². The van der Waals surface area contributed by atoms with Crippen LogP contribution >= 0.6 is 0 Å². The van der Waals surface area contributed by atoms with Crippen molar-refractivity contribution in [1.29, 1.82) is 0 Å². The van der Waals surface area contributed by atoms with Crippen LogP contribution in [0.2, 0.25) is 0 Å². The molecule has 0 unspecified atom stereocenters. The molecule has 2 aromatic rings. The van der Waals surface area contributed by atoms with Crippen molar-refractivity contribution < 1.29 is 37.3 Å². The summed E-state index contributed by atoms with van der Waals surface area (Å²) in [7, 11) is 0.764. The van der Waals surface area contributed by atoms with E-state index in [2.05, 4.69) is 5.32 Å². The Morgan fingerprint density at radius 3 is 2.42 bits per heavy atom. The number of halogens is 3. The number of nitrogens with one attached hydrogen (secondary N) is 1. The molecule has 1 heterocycles. The number of hydrogen-bond donors (Lipinski definition) is 2. The first-order chi connectivity index (χ1) is 14.6. The third-order valence-electron chi connectivity index (χ3n) is 5.02. The maximum absolute atomic E-state index is 14.0. The molecule has 1 aliphatic heterocycles. The minimum atomic E-state index is -5.33. The molecule has 0 radical (unpaired) electrons. The summed E-state index contributed by atoms with van der Waals surface area (Å²) >= 11 is 0. The van der Waals surface area contributed by atoms with Crippen molar-refractivity contribution in [2.45, 2.75) is 24.9 Å². The molecular formula is C21H21F3N2O5. The Labute approximate surface area is 176 Å². The number of urea groups is 1. The van der Waals surface area contributed by atoms with Crippen LogP contribution in [0.15, 0.2) is 54.6 Å². The van der Waals surface area contributed by atoms with Gasteiger partial charge in [0.2, 0.25) is 0 Å². The van der Waals surface area contributed by atoms with Crippen LogP contribution in [0.25, 0.3) is 0 Å². The van der Waals surface area contributed by atoms with Crippen molar-refractivity contribution in [1.82, 2.24) is 10.2 Å². The standard InChI is InChI=1S/C21H21F3N2O5/c1-3-30-18(27)16-17(25-19(28)26(2)20(16,29)21(22,23)24)13-8-7-11-15(12-13)31-14-9-5-4-6-10-14/h4-12,16-17,29H,3H2,1-2H3,(H,25,28)/t16-,17-,20+/m0/s1. The maximum Gasteiger partial charge on any atom is 0.437 e. The molecule has 2 aromatic carbocycles. The van der Waals surface area contributed by atoms with Gasteiger partial charge >= 0.3 is 18.2 Å². The lowest BCUT2D eigenvalue weighted by Crippen LogP contribution is -2.73. The summed E-state index contributed by atoms with van der Waals surface area (Å²) in [5.74, 6) is -2.72. The van der Waals surface area contributed by atoms with Crippen molar-refractivity contribution in [3.63, 3.8) is 0 Å². The Kier molecular flexibility index (Phi) is 6.12. The normalized spacial score (nSPS) is 23.8. The number of aliphatic hydroxyl groups is 1. The highest BCUT2D eigenvalue weighted by Gasteiger charge is 2.69. The van der Waals surface area contributed by atoms with Crippen LogP contribution in [0.5, 0.6) is 11.5 Å². The molecule has 0 aromatic heterocycles. The van der Waals surface area contributed by atoms with Crippen LogP contribution in [0.3, 0.4) is 0 Å². The summed E-state index contributed by atoms with van der Waals surface area (Å²) in [6, 6.07) is 11.8. The molecule has 1 saturated heterocycles. The van der Waals surface area contributed by atoms with E-state index in [1.165, 1.54) is 25.1 Å². The van der Waals surface area contributed by atoms with Crippen molar-refractivity contribution >= 4 is 12.0 Å². The number of amides is 2. The molecule has 2 amide bonds. The molecule has 1 fully saturated rings. The van der Waals surface area contributed by atoms with Crippen molar-refractivity contribution in [3.8, 4) is 11.5 Å².